The summed E-state index contributed by atoms with van der Waals surface area (Å²) in [4.78, 5) is 12.4. The van der Waals surface area contributed by atoms with Crippen LogP contribution < -0.4 is 11.5 Å². The van der Waals surface area contributed by atoms with Crippen LogP contribution in [0.2, 0.25) is 0 Å². The Bertz CT molecular complexity index is 187. The number of hydrogen-bond donors (Lipinski definition) is 2. The Balaban J connectivity index is 4.09. The number of primary amides is 1. The molecule has 0 aromatic rings. The predicted octanol–water partition coefficient (Wildman–Crippen LogP) is -0.345. The molecule has 1 amide bonds. The van der Waals surface area contributed by atoms with Gasteiger partial charge in [-0.05, 0) is 18.7 Å². The van der Waals surface area contributed by atoms with Gasteiger partial charge in [0.2, 0.25) is 5.91 Å². The summed E-state index contributed by atoms with van der Waals surface area (Å²) in [7, 11) is 3.81. The van der Waals surface area contributed by atoms with Gasteiger partial charge in [-0.3, -0.25) is 4.79 Å². The van der Waals surface area contributed by atoms with Crippen molar-refractivity contribution in [3.63, 3.8) is 0 Å². The first kappa shape index (κ1) is 11.0. The van der Waals surface area contributed by atoms with E-state index in [1.807, 2.05) is 32.1 Å². The summed E-state index contributed by atoms with van der Waals surface area (Å²) < 4.78 is 0. The Morgan fingerprint density at radius 3 is 2.42 bits per heavy atom. The second kappa shape index (κ2) is 4.77. The molecule has 0 aliphatic rings. The van der Waals surface area contributed by atoms with Crippen molar-refractivity contribution in [2.24, 2.45) is 11.5 Å². The zero-order valence-corrected chi connectivity index (χ0v) is 7.87. The van der Waals surface area contributed by atoms with E-state index in [0.29, 0.717) is 0 Å². The Kier molecular flexibility index (Phi) is 4.36. The van der Waals surface area contributed by atoms with E-state index in [1.165, 1.54) is 0 Å². The highest BCUT2D eigenvalue weighted by atomic mass is 16.1. The summed E-state index contributed by atoms with van der Waals surface area (Å²) >= 11 is 0. The Hall–Kier alpha value is -1.03. The second-order valence-corrected chi connectivity index (χ2v) is 3.11. The van der Waals surface area contributed by atoms with Gasteiger partial charge < -0.3 is 16.4 Å². The van der Waals surface area contributed by atoms with E-state index < -0.39 is 0 Å². The minimum absolute atomic E-state index is 0.205. The summed E-state index contributed by atoms with van der Waals surface area (Å²) in [5.41, 5.74) is 11.6. The molecule has 70 valence electrons. The molecule has 0 radical (unpaired) electrons. The van der Waals surface area contributed by atoms with E-state index in [0.717, 1.165) is 5.57 Å². The van der Waals surface area contributed by atoms with Crippen LogP contribution in [0.1, 0.15) is 13.3 Å². The predicted molar refractivity (Wildman–Crippen MR) is 49.2 cm³/mol. The number of nitrogens with two attached hydrogens (primary N) is 2. The van der Waals surface area contributed by atoms with Gasteiger partial charge in [0.1, 0.15) is 0 Å². The molecule has 4 heteroatoms. The topological polar surface area (TPSA) is 72.3 Å². The van der Waals surface area contributed by atoms with Crippen LogP contribution >= 0.6 is 0 Å². The highest BCUT2D eigenvalue weighted by Crippen LogP contribution is 2.02. The summed E-state index contributed by atoms with van der Waals surface area (Å²) in [6, 6.07) is -0.259. The average molecular weight is 171 g/mol. The smallest absolute Gasteiger partial charge is 0.219 e. The van der Waals surface area contributed by atoms with Crippen molar-refractivity contribution in [2.45, 2.75) is 19.4 Å². The molecule has 0 bridgehead atoms. The van der Waals surface area contributed by atoms with E-state index in [4.69, 9.17) is 11.5 Å². The van der Waals surface area contributed by atoms with E-state index in [-0.39, 0.29) is 18.4 Å². The van der Waals surface area contributed by atoms with Crippen molar-refractivity contribution in [3.8, 4) is 0 Å². The highest BCUT2D eigenvalue weighted by Gasteiger charge is 2.07. The monoisotopic (exact) mass is 171 g/mol. The molecule has 0 aliphatic carbocycles. The van der Waals surface area contributed by atoms with Crippen molar-refractivity contribution in [2.75, 3.05) is 14.1 Å². The molecule has 1 unspecified atom stereocenters. The van der Waals surface area contributed by atoms with Crippen LogP contribution in [-0.4, -0.2) is 30.9 Å². The number of nitrogens with zero attached hydrogens (tertiary/aromatic N) is 1. The molecule has 4 nitrogen and oxygen atoms in total. The first-order valence-electron chi connectivity index (χ1n) is 3.82. The number of hydrogen-bond acceptors (Lipinski definition) is 3. The maximum atomic E-state index is 10.5. The first-order valence-corrected chi connectivity index (χ1v) is 3.82. The first-order chi connectivity index (χ1) is 5.43. The van der Waals surface area contributed by atoms with E-state index in [2.05, 4.69) is 0 Å². The third-order valence-corrected chi connectivity index (χ3v) is 1.47. The number of amides is 1. The molecule has 1 atom stereocenters. The molecule has 0 rings (SSSR count). The van der Waals surface area contributed by atoms with Crippen molar-refractivity contribution in [3.05, 3.63) is 11.8 Å². The van der Waals surface area contributed by atoms with Gasteiger partial charge in [-0.2, -0.15) is 0 Å². The Morgan fingerprint density at radius 1 is 1.58 bits per heavy atom. The molecule has 0 saturated heterocycles. The molecule has 0 saturated carbocycles. The lowest BCUT2D eigenvalue weighted by atomic mass is 10.1. The molecule has 0 aromatic heterocycles. The lowest BCUT2D eigenvalue weighted by Crippen LogP contribution is -2.29. The third kappa shape index (κ3) is 4.73. The van der Waals surface area contributed by atoms with E-state index >= 15 is 0 Å². The number of carbonyl (C=O) groups is 1. The molecule has 0 spiro atoms. The normalized spacial score (nSPS) is 14.2. The zero-order valence-electron chi connectivity index (χ0n) is 7.87. The standard InChI is InChI=1S/C8H17N3O/c1-6(5-11(2)3)7(9)4-8(10)12/h5,7H,4,9H2,1-3H3,(H2,10,12)/b6-5+. The molecule has 4 N–H and O–H groups in total. The van der Waals surface area contributed by atoms with Crippen LogP contribution in [0.4, 0.5) is 0 Å². The summed E-state index contributed by atoms with van der Waals surface area (Å²) in [5, 5.41) is 0. The van der Waals surface area contributed by atoms with Gasteiger partial charge >= 0.3 is 0 Å². The SMILES string of the molecule is C/C(=C\N(C)C)C(N)CC(N)=O. The lowest BCUT2D eigenvalue weighted by molar-refractivity contribution is -0.118. The van der Waals surface area contributed by atoms with Crippen LogP contribution in [0.25, 0.3) is 0 Å². The number of rotatable bonds is 4. The quantitative estimate of drug-likeness (QED) is 0.607. The molecular formula is C8H17N3O. The number of carbonyl (C=O) groups excluding carboxylic acids is 1. The van der Waals surface area contributed by atoms with Gasteiger partial charge in [0, 0.05) is 26.6 Å². The van der Waals surface area contributed by atoms with Gasteiger partial charge in [-0.15, -0.1) is 0 Å². The van der Waals surface area contributed by atoms with Crippen LogP contribution in [0, 0.1) is 0 Å². The lowest BCUT2D eigenvalue weighted by Gasteiger charge is -2.13. The largest absolute Gasteiger partial charge is 0.383 e. The maximum Gasteiger partial charge on any atom is 0.219 e. The van der Waals surface area contributed by atoms with Gasteiger partial charge in [-0.25, -0.2) is 0 Å². The van der Waals surface area contributed by atoms with Gasteiger partial charge in [-0.1, -0.05) is 0 Å². The van der Waals surface area contributed by atoms with Crippen LogP contribution in [-0.2, 0) is 4.79 Å². The van der Waals surface area contributed by atoms with Crippen LogP contribution in [0.3, 0.4) is 0 Å². The van der Waals surface area contributed by atoms with Crippen LogP contribution in [0.5, 0.6) is 0 Å². The van der Waals surface area contributed by atoms with Gasteiger partial charge in [0.15, 0.2) is 0 Å². The van der Waals surface area contributed by atoms with Crippen molar-refractivity contribution in [1.29, 1.82) is 0 Å². The molecular weight excluding hydrogens is 154 g/mol. The van der Waals surface area contributed by atoms with Gasteiger partial charge in [0.05, 0.1) is 0 Å². The minimum atomic E-state index is -0.367. The van der Waals surface area contributed by atoms with Gasteiger partial charge in [0.25, 0.3) is 0 Å². The Morgan fingerprint density at radius 2 is 2.08 bits per heavy atom. The van der Waals surface area contributed by atoms with Crippen molar-refractivity contribution < 1.29 is 4.79 Å². The summed E-state index contributed by atoms with van der Waals surface area (Å²) in [5.74, 6) is -0.367. The molecule has 0 fully saturated rings. The fourth-order valence-corrected chi connectivity index (χ4v) is 0.881. The third-order valence-electron chi connectivity index (χ3n) is 1.47. The van der Waals surface area contributed by atoms with E-state index in [1.54, 1.807) is 0 Å². The Labute approximate surface area is 73.2 Å². The molecule has 0 aromatic carbocycles. The fraction of sp³-hybridized carbons (Fsp3) is 0.625. The summed E-state index contributed by atoms with van der Waals surface area (Å²) in [6.07, 6.45) is 2.09. The average Bonchev–Trinajstić information content (AvgIpc) is 1.84. The maximum absolute atomic E-state index is 10.5. The highest BCUT2D eigenvalue weighted by molar-refractivity contribution is 5.74. The second-order valence-electron chi connectivity index (χ2n) is 3.11. The van der Waals surface area contributed by atoms with Crippen LogP contribution in [0.15, 0.2) is 11.8 Å². The molecule has 12 heavy (non-hydrogen) atoms. The van der Waals surface area contributed by atoms with E-state index in [9.17, 15) is 4.79 Å². The van der Waals surface area contributed by atoms with Crippen molar-refractivity contribution in [1.82, 2.24) is 4.90 Å². The minimum Gasteiger partial charge on any atom is -0.383 e. The fourth-order valence-electron chi connectivity index (χ4n) is 0.881. The zero-order chi connectivity index (χ0) is 9.72. The van der Waals surface area contributed by atoms with Crippen molar-refractivity contribution >= 4 is 5.91 Å². The molecule has 0 heterocycles. The summed E-state index contributed by atoms with van der Waals surface area (Å²) in [6.45, 7) is 1.88. The molecule has 0 aliphatic heterocycles.